The molecule has 0 bridgehead atoms. The highest BCUT2D eigenvalue weighted by atomic mass is 16.6. The molecule has 1 aliphatic carbocycles. The molecule has 0 spiro atoms. The average Bonchev–Trinajstić information content (AvgIpc) is 3.62. The molecule has 0 radical (unpaired) electrons. The van der Waals surface area contributed by atoms with Gasteiger partial charge in [-0.1, -0.05) is 42.5 Å². The van der Waals surface area contributed by atoms with E-state index in [4.69, 9.17) is 30.4 Å². The molecule has 1 aromatic carbocycles. The van der Waals surface area contributed by atoms with Crippen molar-refractivity contribution in [1.82, 2.24) is 0 Å². The second-order valence-corrected chi connectivity index (χ2v) is 9.86. The van der Waals surface area contributed by atoms with Crippen molar-refractivity contribution in [3.05, 3.63) is 70.3 Å². The number of nitrogens with two attached hydrogens (primary N) is 2. The van der Waals surface area contributed by atoms with Gasteiger partial charge in [0, 0.05) is 25.2 Å². The third kappa shape index (κ3) is 4.23. The van der Waals surface area contributed by atoms with E-state index in [-0.39, 0.29) is 30.3 Å². The first-order chi connectivity index (χ1) is 15.5. The lowest BCUT2D eigenvalue weighted by Crippen LogP contribution is -2.54. The van der Waals surface area contributed by atoms with Crippen LogP contribution in [0.25, 0.3) is 0 Å². The standard InChI is InChI=1S/C26H32N2O4/c1-15-21(7-17-11-29-17)22(8-18-12-30-18)23(9-19-13-31-19)24(10-20-14-32-20)25(15)26(27,28)16-5-3-2-4-6-16/h2-6,17-20,25H,1,7-14,27-28H2. The molecule has 0 saturated carbocycles. The molecular formula is C26H32N2O4. The predicted molar refractivity (Wildman–Crippen MR) is 121 cm³/mol. The number of epoxide rings is 4. The molecule has 5 aliphatic rings. The second-order valence-electron chi connectivity index (χ2n) is 9.86. The summed E-state index contributed by atoms with van der Waals surface area (Å²) >= 11 is 0. The fraction of sp³-hybridized carbons (Fsp3) is 0.538. The van der Waals surface area contributed by atoms with Crippen LogP contribution in [0.1, 0.15) is 31.2 Å². The molecule has 4 fully saturated rings. The van der Waals surface area contributed by atoms with Crippen molar-refractivity contribution >= 4 is 0 Å². The van der Waals surface area contributed by atoms with Crippen LogP contribution >= 0.6 is 0 Å². The monoisotopic (exact) mass is 436 g/mol. The number of ether oxygens (including phenoxy) is 4. The fourth-order valence-electron chi connectivity index (χ4n) is 5.27. The smallest absolute Gasteiger partial charge is 0.101 e. The normalized spacial score (nSPS) is 33.6. The molecule has 1 aromatic rings. The molecule has 32 heavy (non-hydrogen) atoms. The van der Waals surface area contributed by atoms with Gasteiger partial charge in [0.15, 0.2) is 0 Å². The Balaban J connectivity index is 1.49. The summed E-state index contributed by atoms with van der Waals surface area (Å²) in [6.07, 6.45) is 4.50. The Morgan fingerprint density at radius 2 is 1.19 bits per heavy atom. The lowest BCUT2D eigenvalue weighted by molar-refractivity contribution is 0.333. The van der Waals surface area contributed by atoms with Crippen molar-refractivity contribution in [3.8, 4) is 0 Å². The maximum atomic E-state index is 7.00. The summed E-state index contributed by atoms with van der Waals surface area (Å²) in [4.78, 5) is 0. The van der Waals surface area contributed by atoms with Gasteiger partial charge in [-0.2, -0.15) is 0 Å². The molecule has 4 N–H and O–H groups in total. The van der Waals surface area contributed by atoms with E-state index < -0.39 is 5.66 Å². The van der Waals surface area contributed by atoms with Crippen molar-refractivity contribution in [2.45, 2.75) is 55.8 Å². The van der Waals surface area contributed by atoms with Gasteiger partial charge in [-0.05, 0) is 34.3 Å². The lowest BCUT2D eigenvalue weighted by atomic mass is 9.65. The van der Waals surface area contributed by atoms with Crippen LogP contribution in [0.3, 0.4) is 0 Å². The molecule has 6 nitrogen and oxygen atoms in total. The van der Waals surface area contributed by atoms with E-state index in [1.807, 2.05) is 30.3 Å². The van der Waals surface area contributed by atoms with Gasteiger partial charge in [0.25, 0.3) is 0 Å². The molecule has 0 aromatic heterocycles. The summed E-state index contributed by atoms with van der Waals surface area (Å²) in [5, 5.41) is 0. The van der Waals surface area contributed by atoms with Gasteiger partial charge in [0.1, 0.15) is 5.66 Å². The van der Waals surface area contributed by atoms with Gasteiger partial charge < -0.3 is 30.4 Å². The number of hydrogen-bond acceptors (Lipinski definition) is 6. The summed E-state index contributed by atoms with van der Waals surface area (Å²) in [5.74, 6) is -0.194. The SMILES string of the molecule is C=C1C(CC2CO2)=C(CC2CO2)C(CC2CO2)=C(CC2CO2)C1C(N)(N)c1ccccc1. The zero-order chi connectivity index (χ0) is 21.9. The molecule has 5 unspecified atom stereocenters. The minimum absolute atomic E-state index is 0.194. The minimum Gasteiger partial charge on any atom is -0.373 e. The molecule has 4 heterocycles. The Labute approximate surface area is 189 Å². The summed E-state index contributed by atoms with van der Waals surface area (Å²) in [6, 6.07) is 10.0. The van der Waals surface area contributed by atoms with Crippen LogP contribution < -0.4 is 11.5 Å². The third-order valence-corrected chi connectivity index (χ3v) is 7.30. The first-order valence-electron chi connectivity index (χ1n) is 11.7. The van der Waals surface area contributed by atoms with Crippen LogP contribution in [-0.4, -0.2) is 50.8 Å². The fourth-order valence-corrected chi connectivity index (χ4v) is 5.27. The maximum Gasteiger partial charge on any atom is 0.101 e. The summed E-state index contributed by atoms with van der Waals surface area (Å²) in [5.41, 5.74) is 20.1. The van der Waals surface area contributed by atoms with Crippen LogP contribution in [0, 0.1) is 5.92 Å². The van der Waals surface area contributed by atoms with Gasteiger partial charge in [0.05, 0.1) is 50.8 Å². The van der Waals surface area contributed by atoms with Gasteiger partial charge >= 0.3 is 0 Å². The first kappa shape index (κ1) is 20.8. The summed E-state index contributed by atoms with van der Waals surface area (Å²) in [7, 11) is 0. The van der Waals surface area contributed by atoms with Crippen molar-refractivity contribution in [3.63, 3.8) is 0 Å². The minimum atomic E-state index is -1.07. The Morgan fingerprint density at radius 3 is 1.72 bits per heavy atom. The van der Waals surface area contributed by atoms with E-state index in [9.17, 15) is 0 Å². The molecule has 4 saturated heterocycles. The van der Waals surface area contributed by atoms with Crippen LogP contribution in [-0.2, 0) is 24.6 Å². The van der Waals surface area contributed by atoms with Crippen LogP contribution in [0.15, 0.2) is 64.8 Å². The molecule has 6 heteroatoms. The van der Waals surface area contributed by atoms with Crippen LogP contribution in [0.5, 0.6) is 0 Å². The van der Waals surface area contributed by atoms with E-state index in [0.717, 1.165) is 63.2 Å². The van der Waals surface area contributed by atoms with Gasteiger partial charge in [0.2, 0.25) is 0 Å². The molecule has 5 atom stereocenters. The second kappa shape index (κ2) is 7.90. The highest BCUT2D eigenvalue weighted by molar-refractivity contribution is 5.58. The zero-order valence-corrected chi connectivity index (χ0v) is 18.4. The number of hydrogen-bond donors (Lipinski definition) is 2. The molecule has 170 valence electrons. The largest absolute Gasteiger partial charge is 0.373 e. The van der Waals surface area contributed by atoms with E-state index in [0.29, 0.717) is 0 Å². The highest BCUT2D eigenvalue weighted by Crippen LogP contribution is 2.51. The van der Waals surface area contributed by atoms with Crippen molar-refractivity contribution in [2.24, 2.45) is 17.4 Å². The first-order valence-corrected chi connectivity index (χ1v) is 11.7. The summed E-state index contributed by atoms with van der Waals surface area (Å²) in [6.45, 7) is 7.84. The zero-order valence-electron chi connectivity index (χ0n) is 18.4. The summed E-state index contributed by atoms with van der Waals surface area (Å²) < 4.78 is 22.6. The maximum absolute atomic E-state index is 7.00. The predicted octanol–water partition coefficient (Wildman–Crippen LogP) is 2.69. The van der Waals surface area contributed by atoms with Crippen LogP contribution in [0.2, 0.25) is 0 Å². The molecule has 0 amide bonds. The number of benzene rings is 1. The number of rotatable bonds is 10. The molecular weight excluding hydrogens is 404 g/mol. The Bertz CT molecular complexity index is 967. The quantitative estimate of drug-likeness (QED) is 0.432. The Morgan fingerprint density at radius 1 is 0.719 bits per heavy atom. The van der Waals surface area contributed by atoms with E-state index in [2.05, 4.69) is 6.58 Å². The Hall–Kier alpha value is -1.80. The van der Waals surface area contributed by atoms with Gasteiger partial charge in [-0.3, -0.25) is 0 Å². The van der Waals surface area contributed by atoms with E-state index in [1.54, 1.807) is 0 Å². The van der Waals surface area contributed by atoms with E-state index >= 15 is 0 Å². The van der Waals surface area contributed by atoms with Crippen LogP contribution in [0.4, 0.5) is 0 Å². The van der Waals surface area contributed by atoms with E-state index in [1.165, 1.54) is 22.3 Å². The molecule has 4 aliphatic heterocycles. The third-order valence-electron chi connectivity index (χ3n) is 7.30. The van der Waals surface area contributed by atoms with Crippen molar-refractivity contribution in [1.29, 1.82) is 0 Å². The van der Waals surface area contributed by atoms with Gasteiger partial charge in [-0.25, -0.2) is 0 Å². The molecule has 6 rings (SSSR count). The van der Waals surface area contributed by atoms with Crippen molar-refractivity contribution in [2.75, 3.05) is 26.4 Å². The lowest BCUT2D eigenvalue weighted by Gasteiger charge is -2.43. The Kier molecular flexibility index (Phi) is 5.13. The van der Waals surface area contributed by atoms with Crippen molar-refractivity contribution < 1.29 is 18.9 Å². The highest BCUT2D eigenvalue weighted by Gasteiger charge is 2.46. The topological polar surface area (TPSA) is 102 Å². The average molecular weight is 437 g/mol. The van der Waals surface area contributed by atoms with Gasteiger partial charge in [-0.15, -0.1) is 0 Å².